The van der Waals surface area contributed by atoms with E-state index in [0.29, 0.717) is 5.92 Å². The maximum Gasteiger partial charge on any atom is 0.331 e. The van der Waals surface area contributed by atoms with Crippen LogP contribution in [0.3, 0.4) is 0 Å². The number of ketones is 1. The first-order valence-corrected chi connectivity index (χ1v) is 7.37. The first kappa shape index (κ1) is 17.2. The number of carbonyl (C=O) groups excluding carboxylic acids is 2. The van der Waals surface area contributed by atoms with Crippen LogP contribution in [-0.4, -0.2) is 51.1 Å². The van der Waals surface area contributed by atoms with Gasteiger partial charge in [-0.05, 0) is 26.7 Å². The number of urea groups is 1. The number of nitrogens with zero attached hydrogens (tertiary/aromatic N) is 3. The Hall–Kier alpha value is -2.19. The second-order valence-corrected chi connectivity index (χ2v) is 5.69. The SMILES string of the molecule is C=CCN1C(=O)N(c2cc(C3CC3)no2)C(O)C1O.CC(C)=O. The van der Waals surface area contributed by atoms with Gasteiger partial charge in [-0.2, -0.15) is 0 Å². The zero-order valence-corrected chi connectivity index (χ0v) is 13.2. The fraction of sp³-hybridized carbons (Fsp3) is 0.533. The van der Waals surface area contributed by atoms with Gasteiger partial charge in [-0.3, -0.25) is 4.90 Å². The van der Waals surface area contributed by atoms with Crippen molar-refractivity contribution in [2.45, 2.75) is 45.1 Å². The van der Waals surface area contributed by atoms with Gasteiger partial charge in [-0.1, -0.05) is 11.2 Å². The maximum absolute atomic E-state index is 12.1. The minimum atomic E-state index is -1.37. The van der Waals surface area contributed by atoms with Gasteiger partial charge in [-0.25, -0.2) is 9.69 Å². The molecule has 23 heavy (non-hydrogen) atoms. The fourth-order valence-corrected chi connectivity index (χ4v) is 2.17. The molecule has 0 bridgehead atoms. The quantitative estimate of drug-likeness (QED) is 0.807. The number of hydrogen-bond donors (Lipinski definition) is 2. The van der Waals surface area contributed by atoms with E-state index in [1.165, 1.54) is 19.9 Å². The van der Waals surface area contributed by atoms with Crippen LogP contribution in [0.1, 0.15) is 38.3 Å². The Morgan fingerprint density at radius 1 is 1.43 bits per heavy atom. The van der Waals surface area contributed by atoms with E-state index in [9.17, 15) is 19.8 Å². The van der Waals surface area contributed by atoms with Gasteiger partial charge >= 0.3 is 6.03 Å². The van der Waals surface area contributed by atoms with Crippen molar-refractivity contribution >= 4 is 17.7 Å². The molecule has 1 aromatic heterocycles. The van der Waals surface area contributed by atoms with Crippen molar-refractivity contribution < 1.29 is 24.3 Å². The van der Waals surface area contributed by atoms with Crippen LogP contribution in [0.2, 0.25) is 0 Å². The first-order chi connectivity index (χ1) is 10.9. The summed E-state index contributed by atoms with van der Waals surface area (Å²) in [5.74, 6) is 0.714. The normalized spacial score (nSPS) is 23.6. The van der Waals surface area contributed by atoms with E-state index in [1.807, 2.05) is 0 Å². The van der Waals surface area contributed by atoms with Crippen LogP contribution in [0.15, 0.2) is 23.2 Å². The van der Waals surface area contributed by atoms with Crippen LogP contribution >= 0.6 is 0 Å². The molecule has 0 aromatic carbocycles. The van der Waals surface area contributed by atoms with Gasteiger partial charge in [-0.15, -0.1) is 6.58 Å². The average Bonchev–Trinajstić information content (AvgIpc) is 3.18. The Morgan fingerprint density at radius 2 is 2.04 bits per heavy atom. The van der Waals surface area contributed by atoms with Gasteiger partial charge in [0.05, 0.1) is 5.69 Å². The number of Topliss-reactive ketones (excluding diaryl/α,β-unsaturated/α-hetero) is 1. The van der Waals surface area contributed by atoms with Crippen molar-refractivity contribution in [3.63, 3.8) is 0 Å². The molecule has 2 aliphatic rings. The van der Waals surface area contributed by atoms with E-state index in [4.69, 9.17) is 4.52 Å². The maximum atomic E-state index is 12.1. The van der Waals surface area contributed by atoms with Crippen LogP contribution in [0.4, 0.5) is 10.7 Å². The highest BCUT2D eigenvalue weighted by atomic mass is 16.5. The summed E-state index contributed by atoms with van der Waals surface area (Å²) in [5.41, 5.74) is 0.784. The fourth-order valence-electron chi connectivity index (χ4n) is 2.17. The largest absolute Gasteiger partial charge is 0.369 e. The minimum Gasteiger partial charge on any atom is -0.369 e. The second kappa shape index (κ2) is 6.93. The van der Waals surface area contributed by atoms with Crippen LogP contribution in [0.25, 0.3) is 0 Å². The van der Waals surface area contributed by atoms with Crippen molar-refractivity contribution in [1.82, 2.24) is 10.1 Å². The van der Waals surface area contributed by atoms with Crippen molar-refractivity contribution in [3.8, 4) is 0 Å². The van der Waals surface area contributed by atoms with Gasteiger partial charge in [0.25, 0.3) is 0 Å². The number of aliphatic hydroxyl groups excluding tert-OH is 2. The van der Waals surface area contributed by atoms with E-state index in [0.717, 1.165) is 28.3 Å². The third kappa shape index (κ3) is 3.77. The average molecular weight is 323 g/mol. The molecule has 0 radical (unpaired) electrons. The first-order valence-electron chi connectivity index (χ1n) is 7.37. The third-order valence-corrected chi connectivity index (χ3v) is 3.38. The summed E-state index contributed by atoms with van der Waals surface area (Å²) in [5, 5.41) is 23.6. The van der Waals surface area contributed by atoms with E-state index in [-0.39, 0.29) is 18.2 Å². The number of aromatic nitrogens is 1. The van der Waals surface area contributed by atoms with Crippen LogP contribution in [0, 0.1) is 0 Å². The Balaban J connectivity index is 0.000000433. The van der Waals surface area contributed by atoms with Gasteiger partial charge in [0.2, 0.25) is 5.88 Å². The van der Waals surface area contributed by atoms with Crippen LogP contribution in [0.5, 0.6) is 0 Å². The van der Waals surface area contributed by atoms with E-state index < -0.39 is 18.5 Å². The molecule has 1 aromatic rings. The van der Waals surface area contributed by atoms with E-state index in [2.05, 4.69) is 11.7 Å². The van der Waals surface area contributed by atoms with Crippen molar-refractivity contribution in [3.05, 3.63) is 24.4 Å². The lowest BCUT2D eigenvalue weighted by Crippen LogP contribution is -2.36. The molecule has 1 saturated heterocycles. The Kier molecular flexibility index (Phi) is 5.17. The number of hydrogen-bond acceptors (Lipinski definition) is 6. The topological polar surface area (TPSA) is 107 Å². The molecule has 1 saturated carbocycles. The van der Waals surface area contributed by atoms with Gasteiger partial charge in [0, 0.05) is 18.5 Å². The molecule has 2 atom stereocenters. The van der Waals surface area contributed by atoms with Crippen molar-refractivity contribution in [2.24, 2.45) is 0 Å². The standard InChI is InChI=1S/C12H15N3O4.C3H6O/c1-2-5-14-10(16)11(17)15(12(14)18)9-6-8(13-19-9)7-3-4-7;1-3(2)4/h2,6-7,10-11,16-17H,1,3-5H2;1-2H3. The molecule has 1 aliphatic heterocycles. The Bertz CT molecular complexity index is 592. The lowest BCUT2D eigenvalue weighted by atomic mass is 10.3. The smallest absolute Gasteiger partial charge is 0.331 e. The molecule has 8 heteroatoms. The number of aliphatic hydroxyl groups is 2. The molecule has 2 amide bonds. The highest BCUT2D eigenvalue weighted by Gasteiger charge is 2.46. The Morgan fingerprint density at radius 3 is 2.57 bits per heavy atom. The molecule has 2 heterocycles. The number of rotatable bonds is 4. The molecular weight excluding hydrogens is 302 g/mol. The summed E-state index contributed by atoms with van der Waals surface area (Å²) in [6, 6.07) is 1.11. The molecule has 0 spiro atoms. The summed E-state index contributed by atoms with van der Waals surface area (Å²) in [6.45, 7) is 6.72. The zero-order chi connectivity index (χ0) is 17.1. The van der Waals surface area contributed by atoms with Crippen LogP contribution < -0.4 is 4.90 Å². The molecule has 126 valence electrons. The van der Waals surface area contributed by atoms with E-state index >= 15 is 0 Å². The minimum absolute atomic E-state index is 0.150. The molecular formula is C15H21N3O5. The second-order valence-electron chi connectivity index (χ2n) is 5.69. The van der Waals surface area contributed by atoms with Gasteiger partial charge in [0.15, 0.2) is 12.5 Å². The van der Waals surface area contributed by atoms with Crippen LogP contribution in [-0.2, 0) is 4.79 Å². The van der Waals surface area contributed by atoms with Crippen molar-refractivity contribution in [1.29, 1.82) is 0 Å². The molecule has 3 rings (SSSR count). The molecule has 8 nitrogen and oxygen atoms in total. The number of amides is 2. The third-order valence-electron chi connectivity index (χ3n) is 3.38. The monoisotopic (exact) mass is 323 g/mol. The lowest BCUT2D eigenvalue weighted by Gasteiger charge is -2.16. The zero-order valence-electron chi connectivity index (χ0n) is 13.2. The molecule has 2 unspecified atom stereocenters. The predicted molar refractivity (Wildman–Crippen MR) is 81.6 cm³/mol. The van der Waals surface area contributed by atoms with E-state index in [1.54, 1.807) is 6.07 Å². The summed E-state index contributed by atoms with van der Waals surface area (Å²) in [4.78, 5) is 23.7. The highest BCUT2D eigenvalue weighted by molar-refractivity contribution is 5.93. The summed E-state index contributed by atoms with van der Waals surface area (Å²) >= 11 is 0. The number of carbonyl (C=O) groups is 2. The highest BCUT2D eigenvalue weighted by Crippen LogP contribution is 2.41. The predicted octanol–water partition coefficient (Wildman–Crippen LogP) is 1.21. The summed E-state index contributed by atoms with van der Waals surface area (Å²) in [6.07, 6.45) is 0.932. The van der Waals surface area contributed by atoms with Gasteiger partial charge in [0.1, 0.15) is 5.78 Å². The van der Waals surface area contributed by atoms with Gasteiger partial charge < -0.3 is 19.5 Å². The molecule has 1 aliphatic carbocycles. The lowest BCUT2D eigenvalue weighted by molar-refractivity contribution is -0.115. The Labute approximate surface area is 134 Å². The molecule has 2 fully saturated rings. The summed E-state index contributed by atoms with van der Waals surface area (Å²) in [7, 11) is 0. The summed E-state index contributed by atoms with van der Waals surface area (Å²) < 4.78 is 5.10. The van der Waals surface area contributed by atoms with Crippen molar-refractivity contribution in [2.75, 3.05) is 11.4 Å². The molecule has 2 N–H and O–H groups in total. The number of anilines is 1.